The van der Waals surface area contributed by atoms with Gasteiger partial charge >= 0.3 is 5.97 Å². The highest BCUT2D eigenvalue weighted by atomic mass is 16.5. The third-order valence-electron chi connectivity index (χ3n) is 4.08. The van der Waals surface area contributed by atoms with E-state index < -0.39 is 11.9 Å². The normalized spacial score (nSPS) is 17.6. The fraction of sp³-hybridized carbons (Fsp3) is 0.263. The van der Waals surface area contributed by atoms with Gasteiger partial charge in [0.05, 0.1) is 0 Å². The molecule has 2 aromatic carbocycles. The van der Waals surface area contributed by atoms with E-state index in [-0.39, 0.29) is 5.91 Å². The largest absolute Gasteiger partial charge is 0.481 e. The number of ether oxygens (including phenoxy) is 1. The average Bonchev–Trinajstić information content (AvgIpc) is 2.58. The first-order valence-electron chi connectivity index (χ1n) is 7.97. The number of aliphatic carboxylic acids is 1. The summed E-state index contributed by atoms with van der Waals surface area (Å²) in [5.41, 5.74) is 0.919. The molecule has 1 aliphatic rings. The number of piperidine rings is 1. The number of rotatable bonds is 5. The Labute approximate surface area is 140 Å². The average molecular weight is 325 g/mol. The first-order chi connectivity index (χ1) is 11.6. The van der Waals surface area contributed by atoms with E-state index in [0.29, 0.717) is 31.7 Å². The van der Waals surface area contributed by atoms with Crippen LogP contribution in [-0.2, 0) is 16.1 Å². The van der Waals surface area contributed by atoms with Gasteiger partial charge in [-0.1, -0.05) is 30.3 Å². The van der Waals surface area contributed by atoms with Gasteiger partial charge < -0.3 is 14.7 Å². The van der Waals surface area contributed by atoms with Crippen molar-refractivity contribution in [3.8, 4) is 11.5 Å². The van der Waals surface area contributed by atoms with Gasteiger partial charge in [0.15, 0.2) is 0 Å². The lowest BCUT2D eigenvalue weighted by Gasteiger charge is -2.30. The first kappa shape index (κ1) is 16.1. The number of hydrogen-bond donors (Lipinski definition) is 1. The zero-order valence-electron chi connectivity index (χ0n) is 13.2. The van der Waals surface area contributed by atoms with E-state index in [1.54, 1.807) is 4.90 Å². The molecule has 124 valence electrons. The second-order valence-corrected chi connectivity index (χ2v) is 5.86. The number of amides is 1. The number of carbonyl (C=O) groups is 2. The van der Waals surface area contributed by atoms with Gasteiger partial charge in [0.2, 0.25) is 5.91 Å². The predicted molar refractivity (Wildman–Crippen MR) is 88.7 cm³/mol. The molecular formula is C19H19NO4. The fourth-order valence-electron chi connectivity index (χ4n) is 2.88. The van der Waals surface area contributed by atoms with Crippen LogP contribution in [0.4, 0.5) is 0 Å². The molecular weight excluding hydrogens is 306 g/mol. The van der Waals surface area contributed by atoms with Gasteiger partial charge in [-0.2, -0.15) is 0 Å². The molecule has 0 radical (unpaired) electrons. The second kappa shape index (κ2) is 7.17. The Morgan fingerprint density at radius 1 is 1.12 bits per heavy atom. The molecule has 1 unspecified atom stereocenters. The maximum absolute atomic E-state index is 12.3. The number of benzene rings is 2. The van der Waals surface area contributed by atoms with Gasteiger partial charge in [0, 0.05) is 13.1 Å². The van der Waals surface area contributed by atoms with E-state index in [1.165, 1.54) is 0 Å². The number of para-hydroxylation sites is 1. The molecule has 2 aromatic rings. The third-order valence-corrected chi connectivity index (χ3v) is 4.08. The van der Waals surface area contributed by atoms with E-state index in [4.69, 9.17) is 9.84 Å². The van der Waals surface area contributed by atoms with Gasteiger partial charge in [0.1, 0.15) is 17.4 Å². The van der Waals surface area contributed by atoms with Gasteiger partial charge in [-0.15, -0.1) is 0 Å². The molecule has 1 fully saturated rings. The Hall–Kier alpha value is -2.82. The highest BCUT2D eigenvalue weighted by Gasteiger charge is 2.33. The summed E-state index contributed by atoms with van der Waals surface area (Å²) < 4.78 is 5.80. The second-order valence-electron chi connectivity index (χ2n) is 5.86. The summed E-state index contributed by atoms with van der Waals surface area (Å²) >= 11 is 0. The molecule has 1 N–H and O–H groups in total. The molecule has 1 heterocycles. The van der Waals surface area contributed by atoms with E-state index in [2.05, 4.69) is 0 Å². The number of nitrogens with zero attached hydrogens (tertiary/aromatic N) is 1. The lowest BCUT2D eigenvalue weighted by atomic mass is 9.97. The molecule has 0 bridgehead atoms. The van der Waals surface area contributed by atoms with Gasteiger partial charge in [-0.05, 0) is 42.7 Å². The maximum Gasteiger partial charge on any atom is 0.316 e. The maximum atomic E-state index is 12.3. The Morgan fingerprint density at radius 3 is 2.62 bits per heavy atom. The van der Waals surface area contributed by atoms with Gasteiger partial charge in [0.25, 0.3) is 0 Å². The molecule has 0 aromatic heterocycles. The SMILES string of the molecule is O=C(O)C1CCCN(Cc2cccc(Oc3ccccc3)c2)C1=O. The topological polar surface area (TPSA) is 66.8 Å². The number of carboxylic acids is 1. The molecule has 24 heavy (non-hydrogen) atoms. The number of carbonyl (C=O) groups excluding carboxylic acids is 1. The van der Waals surface area contributed by atoms with Crippen molar-refractivity contribution in [3.63, 3.8) is 0 Å². The molecule has 1 amide bonds. The summed E-state index contributed by atoms with van der Waals surface area (Å²) in [5, 5.41) is 9.13. The van der Waals surface area contributed by atoms with E-state index >= 15 is 0 Å². The van der Waals surface area contributed by atoms with Crippen LogP contribution in [0, 0.1) is 5.92 Å². The van der Waals surface area contributed by atoms with Crippen LogP contribution in [0.2, 0.25) is 0 Å². The molecule has 1 saturated heterocycles. The van der Waals surface area contributed by atoms with Crippen LogP contribution in [0.15, 0.2) is 54.6 Å². The Balaban J connectivity index is 1.70. The van der Waals surface area contributed by atoms with Crippen molar-refractivity contribution < 1.29 is 19.4 Å². The summed E-state index contributed by atoms with van der Waals surface area (Å²) in [4.78, 5) is 25.0. The van der Waals surface area contributed by atoms with Crippen LogP contribution in [0.3, 0.4) is 0 Å². The van der Waals surface area contributed by atoms with Crippen molar-refractivity contribution in [3.05, 3.63) is 60.2 Å². The summed E-state index contributed by atoms with van der Waals surface area (Å²) in [7, 11) is 0. The predicted octanol–water partition coefficient (Wildman–Crippen LogP) is 3.30. The Bertz CT molecular complexity index is 729. The fourth-order valence-corrected chi connectivity index (χ4v) is 2.88. The summed E-state index contributed by atoms with van der Waals surface area (Å²) in [6, 6.07) is 17.0. The number of hydrogen-bond acceptors (Lipinski definition) is 3. The van der Waals surface area contributed by atoms with Crippen LogP contribution < -0.4 is 4.74 Å². The van der Waals surface area contributed by atoms with Crippen LogP contribution in [0.25, 0.3) is 0 Å². The Morgan fingerprint density at radius 2 is 1.88 bits per heavy atom. The minimum absolute atomic E-state index is 0.303. The molecule has 3 rings (SSSR count). The zero-order chi connectivity index (χ0) is 16.9. The van der Waals surface area contributed by atoms with Crippen molar-refractivity contribution in [1.29, 1.82) is 0 Å². The van der Waals surface area contributed by atoms with E-state index in [1.807, 2.05) is 54.6 Å². The third kappa shape index (κ3) is 3.74. The lowest BCUT2D eigenvalue weighted by molar-refractivity contribution is -0.154. The van der Waals surface area contributed by atoms with Gasteiger partial charge in [-0.3, -0.25) is 9.59 Å². The highest BCUT2D eigenvalue weighted by molar-refractivity contribution is 5.97. The monoisotopic (exact) mass is 325 g/mol. The molecule has 1 atom stereocenters. The molecule has 0 aliphatic carbocycles. The minimum atomic E-state index is -1.04. The molecule has 0 spiro atoms. The Kier molecular flexibility index (Phi) is 4.79. The van der Waals surface area contributed by atoms with Crippen molar-refractivity contribution in [2.45, 2.75) is 19.4 Å². The number of carboxylic acid groups (broad SMARTS) is 1. The first-order valence-corrected chi connectivity index (χ1v) is 7.97. The summed E-state index contributed by atoms with van der Waals surface area (Å²) in [6.45, 7) is 0.987. The summed E-state index contributed by atoms with van der Waals surface area (Å²) in [5.74, 6) is -0.816. The smallest absolute Gasteiger partial charge is 0.316 e. The molecule has 5 heteroatoms. The van der Waals surface area contributed by atoms with E-state index in [0.717, 1.165) is 11.3 Å². The lowest BCUT2D eigenvalue weighted by Crippen LogP contribution is -2.43. The zero-order valence-corrected chi connectivity index (χ0v) is 13.2. The molecule has 0 saturated carbocycles. The standard InChI is InChI=1S/C19H19NO4/c21-18-17(19(22)23)10-5-11-20(18)13-14-6-4-9-16(12-14)24-15-7-2-1-3-8-15/h1-4,6-9,12,17H,5,10-11,13H2,(H,22,23). The van der Waals surface area contributed by atoms with Gasteiger partial charge in [-0.25, -0.2) is 0 Å². The minimum Gasteiger partial charge on any atom is -0.481 e. The van der Waals surface area contributed by atoms with Crippen molar-refractivity contribution >= 4 is 11.9 Å². The summed E-state index contributed by atoms with van der Waals surface area (Å²) in [6.07, 6.45) is 1.13. The van der Waals surface area contributed by atoms with Crippen LogP contribution in [-0.4, -0.2) is 28.4 Å². The molecule has 5 nitrogen and oxygen atoms in total. The van der Waals surface area contributed by atoms with Crippen LogP contribution >= 0.6 is 0 Å². The van der Waals surface area contributed by atoms with Crippen LogP contribution in [0.1, 0.15) is 18.4 Å². The van der Waals surface area contributed by atoms with Crippen molar-refractivity contribution in [2.24, 2.45) is 5.92 Å². The molecule has 1 aliphatic heterocycles. The van der Waals surface area contributed by atoms with Crippen molar-refractivity contribution in [1.82, 2.24) is 4.90 Å². The van der Waals surface area contributed by atoms with Crippen molar-refractivity contribution in [2.75, 3.05) is 6.54 Å². The quantitative estimate of drug-likeness (QED) is 0.857. The van der Waals surface area contributed by atoms with Crippen LogP contribution in [0.5, 0.6) is 11.5 Å². The van der Waals surface area contributed by atoms with E-state index in [9.17, 15) is 9.59 Å². The highest BCUT2D eigenvalue weighted by Crippen LogP contribution is 2.24. The number of likely N-dealkylation sites (tertiary alicyclic amines) is 1.